The number of benzene rings is 2. The van der Waals surface area contributed by atoms with E-state index in [1.165, 1.54) is 0 Å². The van der Waals surface area contributed by atoms with Crippen LogP contribution in [0.3, 0.4) is 0 Å². The molecule has 0 bridgehead atoms. The third-order valence-corrected chi connectivity index (χ3v) is 2.95. The Hall–Kier alpha value is -2.46. The number of carbonyl (C=O) groups is 2. The maximum atomic E-state index is 12.4. The minimum absolute atomic E-state index is 0.171. The molecule has 1 N–H and O–H groups in total. The van der Waals surface area contributed by atoms with Gasteiger partial charge in [-0.25, -0.2) is 4.79 Å². The topological polar surface area (TPSA) is 46.2 Å². The minimum atomic E-state index is -0.278. The molecule has 0 heterocycles. The van der Waals surface area contributed by atoms with Gasteiger partial charge >= 0.3 is 5.91 Å². The highest BCUT2D eigenvalue weighted by atomic mass is 16.2. The van der Waals surface area contributed by atoms with Crippen LogP contribution in [0.25, 0.3) is 0 Å². The summed E-state index contributed by atoms with van der Waals surface area (Å²) in [6.07, 6.45) is 0. The van der Waals surface area contributed by atoms with Gasteiger partial charge in [0.25, 0.3) is 5.91 Å². The van der Waals surface area contributed by atoms with Crippen molar-refractivity contribution in [3.8, 4) is 0 Å². The second-order valence-electron chi connectivity index (χ2n) is 4.93. The molecule has 2 aromatic rings. The molecule has 0 atom stereocenters. The van der Waals surface area contributed by atoms with Crippen LogP contribution in [0.15, 0.2) is 60.7 Å². The first-order valence-electron chi connectivity index (χ1n) is 6.32. The van der Waals surface area contributed by atoms with Gasteiger partial charge in [0.1, 0.15) is 0 Å². The van der Waals surface area contributed by atoms with Crippen molar-refractivity contribution in [1.82, 2.24) is 5.43 Å². The molecule has 0 spiro atoms. The van der Waals surface area contributed by atoms with Crippen molar-refractivity contribution >= 4 is 11.8 Å². The number of carbonyl (C=O) groups excluding carboxylic acids is 2. The molecule has 2 rings (SSSR count). The maximum Gasteiger partial charge on any atom is 0.369 e. The Balaban J connectivity index is 2.15. The van der Waals surface area contributed by atoms with E-state index >= 15 is 0 Å². The van der Waals surface area contributed by atoms with E-state index in [0.717, 1.165) is 0 Å². The van der Waals surface area contributed by atoms with Crippen LogP contribution in [0.2, 0.25) is 0 Å². The molecule has 0 aliphatic heterocycles. The van der Waals surface area contributed by atoms with Crippen molar-refractivity contribution < 1.29 is 14.2 Å². The molecule has 0 aromatic heterocycles. The van der Waals surface area contributed by atoms with Crippen molar-refractivity contribution in [2.24, 2.45) is 0 Å². The lowest BCUT2D eigenvalue weighted by molar-refractivity contribution is -0.844. The van der Waals surface area contributed by atoms with E-state index in [0.29, 0.717) is 11.1 Å². The van der Waals surface area contributed by atoms with Gasteiger partial charge in [0.2, 0.25) is 0 Å². The summed E-state index contributed by atoms with van der Waals surface area (Å²) in [6, 6.07) is 17.7. The second-order valence-corrected chi connectivity index (χ2v) is 4.93. The number of quaternary nitrogens is 1. The molecule has 2 amide bonds. The third kappa shape index (κ3) is 3.10. The fraction of sp³-hybridized carbons (Fsp3) is 0.125. The molecule has 4 nitrogen and oxygen atoms in total. The van der Waals surface area contributed by atoms with Crippen LogP contribution in [0, 0.1) is 0 Å². The van der Waals surface area contributed by atoms with Gasteiger partial charge in [-0.3, -0.25) is 4.79 Å². The van der Waals surface area contributed by atoms with Crippen molar-refractivity contribution in [3.63, 3.8) is 0 Å². The standard InChI is InChI=1S/C16H16N2O2/c1-18(2,16(20)14-11-7-4-8-12-14)17-15(19)13-9-5-3-6-10-13/h3-12H,1-2H3/p+1. The zero-order chi connectivity index (χ0) is 14.6. The van der Waals surface area contributed by atoms with Gasteiger partial charge in [-0.1, -0.05) is 36.4 Å². The van der Waals surface area contributed by atoms with Crippen molar-refractivity contribution in [3.05, 3.63) is 71.8 Å². The van der Waals surface area contributed by atoms with Crippen LogP contribution < -0.4 is 5.43 Å². The fourth-order valence-corrected chi connectivity index (χ4v) is 1.86. The maximum absolute atomic E-state index is 12.4. The Morgan fingerprint density at radius 2 is 1.25 bits per heavy atom. The molecule has 0 aliphatic carbocycles. The molecule has 0 saturated heterocycles. The number of nitrogens with zero attached hydrogens (tertiary/aromatic N) is 1. The average molecular weight is 269 g/mol. The quantitative estimate of drug-likeness (QED) is 0.671. The first-order chi connectivity index (χ1) is 9.50. The summed E-state index contributed by atoms with van der Waals surface area (Å²) < 4.78 is -0.238. The molecular weight excluding hydrogens is 252 g/mol. The Morgan fingerprint density at radius 3 is 1.75 bits per heavy atom. The molecule has 0 radical (unpaired) electrons. The monoisotopic (exact) mass is 269 g/mol. The predicted molar refractivity (Wildman–Crippen MR) is 76.8 cm³/mol. The van der Waals surface area contributed by atoms with E-state index in [1.807, 2.05) is 12.1 Å². The molecule has 0 unspecified atom stereocenters. The second kappa shape index (κ2) is 5.67. The van der Waals surface area contributed by atoms with Gasteiger partial charge < -0.3 is 0 Å². The zero-order valence-electron chi connectivity index (χ0n) is 11.5. The van der Waals surface area contributed by atoms with E-state index in [1.54, 1.807) is 62.6 Å². The number of hydrogen-bond acceptors (Lipinski definition) is 2. The summed E-state index contributed by atoms with van der Waals surface area (Å²) in [5, 5.41) is 0. The Labute approximate surface area is 118 Å². The van der Waals surface area contributed by atoms with Crippen molar-refractivity contribution in [2.75, 3.05) is 14.1 Å². The molecule has 20 heavy (non-hydrogen) atoms. The lowest BCUT2D eigenvalue weighted by Gasteiger charge is -2.26. The van der Waals surface area contributed by atoms with Gasteiger partial charge in [0, 0.05) is 5.56 Å². The van der Waals surface area contributed by atoms with Crippen LogP contribution in [0.5, 0.6) is 0 Å². The third-order valence-electron chi connectivity index (χ3n) is 2.95. The van der Waals surface area contributed by atoms with Gasteiger partial charge in [0.05, 0.1) is 19.7 Å². The smallest absolute Gasteiger partial charge is 0.264 e. The van der Waals surface area contributed by atoms with Gasteiger partial charge in [-0.15, -0.1) is 0 Å². The Kier molecular flexibility index (Phi) is 3.96. The van der Waals surface area contributed by atoms with Crippen LogP contribution in [-0.2, 0) is 0 Å². The van der Waals surface area contributed by atoms with Gasteiger partial charge in [0.15, 0.2) is 0 Å². The number of nitrogens with one attached hydrogen (secondary N) is 1. The number of amides is 2. The van der Waals surface area contributed by atoms with E-state index in [9.17, 15) is 9.59 Å². The first kappa shape index (κ1) is 14.0. The summed E-state index contributed by atoms with van der Waals surface area (Å²) in [5.74, 6) is -0.449. The summed E-state index contributed by atoms with van der Waals surface area (Å²) in [5.41, 5.74) is 3.81. The average Bonchev–Trinajstić information content (AvgIpc) is 2.48. The molecular formula is C16H17N2O2+. The van der Waals surface area contributed by atoms with Crippen LogP contribution in [-0.4, -0.2) is 30.5 Å². The highest BCUT2D eigenvalue weighted by Gasteiger charge is 2.30. The zero-order valence-corrected chi connectivity index (χ0v) is 11.5. The summed E-state index contributed by atoms with van der Waals surface area (Å²) >= 11 is 0. The number of hydrogen-bond donors (Lipinski definition) is 1. The minimum Gasteiger partial charge on any atom is -0.264 e. The highest BCUT2D eigenvalue weighted by molar-refractivity contribution is 5.95. The summed E-state index contributed by atoms with van der Waals surface area (Å²) in [6.45, 7) is 0. The Morgan fingerprint density at radius 1 is 0.800 bits per heavy atom. The lowest BCUT2D eigenvalue weighted by atomic mass is 10.2. The van der Waals surface area contributed by atoms with E-state index in [2.05, 4.69) is 5.43 Å². The molecule has 0 aliphatic rings. The molecule has 102 valence electrons. The van der Waals surface area contributed by atoms with E-state index in [4.69, 9.17) is 0 Å². The Bertz CT molecular complexity index is 607. The SMILES string of the molecule is C[N+](C)(NC(=O)c1ccccc1)C(=O)c1ccccc1. The van der Waals surface area contributed by atoms with E-state index in [-0.39, 0.29) is 16.4 Å². The van der Waals surface area contributed by atoms with E-state index < -0.39 is 0 Å². The highest BCUT2D eigenvalue weighted by Crippen LogP contribution is 2.08. The molecule has 4 heteroatoms. The normalized spacial score (nSPS) is 10.9. The lowest BCUT2D eigenvalue weighted by Crippen LogP contribution is -2.58. The van der Waals surface area contributed by atoms with Crippen LogP contribution in [0.1, 0.15) is 20.7 Å². The van der Waals surface area contributed by atoms with Crippen LogP contribution in [0.4, 0.5) is 0 Å². The first-order valence-corrected chi connectivity index (χ1v) is 6.32. The molecule has 0 saturated carbocycles. The number of rotatable bonds is 2. The summed E-state index contributed by atoms with van der Waals surface area (Å²) in [7, 11) is 3.30. The molecule has 0 fully saturated rings. The molecule has 2 aromatic carbocycles. The largest absolute Gasteiger partial charge is 0.369 e. The fourth-order valence-electron chi connectivity index (χ4n) is 1.86. The van der Waals surface area contributed by atoms with Crippen molar-refractivity contribution in [1.29, 1.82) is 0 Å². The van der Waals surface area contributed by atoms with Gasteiger partial charge in [-0.05, 0) is 24.3 Å². The van der Waals surface area contributed by atoms with Crippen LogP contribution >= 0.6 is 0 Å². The van der Waals surface area contributed by atoms with Gasteiger partial charge in [-0.2, -0.15) is 10.0 Å². The predicted octanol–water partition coefficient (Wildman–Crippen LogP) is 2.25. The van der Waals surface area contributed by atoms with Crippen molar-refractivity contribution in [2.45, 2.75) is 0 Å². The summed E-state index contributed by atoms with van der Waals surface area (Å²) in [4.78, 5) is 24.5.